The molecule has 0 radical (unpaired) electrons. The fraction of sp³-hybridized carbons (Fsp3) is 0.101. The number of benzene rings is 7. The van der Waals surface area contributed by atoms with E-state index < -0.39 is 72.1 Å². The molecule has 1 aliphatic rings. The summed E-state index contributed by atoms with van der Waals surface area (Å²) in [6.07, 6.45) is 15.3. The third kappa shape index (κ3) is 32.1. The number of hydrogen-bond acceptors (Lipinski definition) is 29. The highest BCUT2D eigenvalue weighted by molar-refractivity contribution is 7.99. The molecule has 0 atom stereocenters. The van der Waals surface area contributed by atoms with Crippen molar-refractivity contribution in [2.75, 3.05) is 29.5 Å². The Kier molecular flexibility index (Phi) is 37.6. The van der Waals surface area contributed by atoms with Crippen LogP contribution >= 0.6 is 24.4 Å². The second-order valence-electron chi connectivity index (χ2n) is 27.0. The van der Waals surface area contributed by atoms with Crippen LogP contribution in [0.2, 0.25) is 0 Å². The van der Waals surface area contributed by atoms with Crippen molar-refractivity contribution in [3.05, 3.63) is 386 Å². The fourth-order valence-electron chi connectivity index (χ4n) is 10.1. The minimum absolute atomic E-state index is 0.00348. The molecule has 0 bridgehead atoms. The first-order valence-corrected chi connectivity index (χ1v) is 45.4. The molecule has 130 heavy (non-hydrogen) atoms. The van der Waals surface area contributed by atoms with E-state index in [1.54, 1.807) is 131 Å². The van der Waals surface area contributed by atoms with E-state index in [4.69, 9.17) is 16.2 Å². The molecule has 0 fully saturated rings. The number of para-hydroxylation sites is 1. The smallest absolute Gasteiger partial charge is 0.410 e. The molecular weight excluding hydrogens is 1790 g/mol. The standard InChI is InChI=1S/C19H16N2O4S.C17H17N5O3S.C12H10N2O4S.C12H12N2O2S.C12H10N2O2S.C6H4FNO2.C6H7NS.C5H8N2/c1-14-7-10-18(13-20-14)26(23,24)17-11-8-15(9-12-17)21-19(22)25-16-5-3-2-4-6-16;1-12-2-5-16(11-18-12)26(24,25)15-6-3-14(4-7-15)22-17(23)19-8-13-9-20-21-10-13;1-9-2-5-12(8-13-9)19(17,18)11-6-3-10(4-7-11)14(15)16;1-9-2-5-12(8-14-9)17(15,16)11-6-3-10(13)4-7-11;1-9-2-5-12(8-13-9)17-11-6-3-10(4-7-11)14(15)16;7-5-1-3-6(4-2-5)8(9)10;1-5-2-3-6(8)4-7-5;6-3-5-1-2-7-4-5/h2-13H,1H3,(H,21,22);2-7,9-11H,8H2,1H3,(H,20,21)(H2,19,22,23);2-8H,1H3;2-8H,13H2,1H3;2-8H,1H3;1-4H;2-4,8H,1H3;1,4H,2-3,6H2. The van der Waals surface area contributed by atoms with E-state index in [9.17, 15) is 78.0 Å². The van der Waals surface area contributed by atoms with E-state index in [-0.39, 0.29) is 56.2 Å². The van der Waals surface area contributed by atoms with Crippen molar-refractivity contribution >= 4 is 116 Å². The second kappa shape index (κ2) is 48.6. The van der Waals surface area contributed by atoms with Crippen LogP contribution in [0.4, 0.5) is 48.1 Å². The molecule has 0 saturated carbocycles. The lowest BCUT2D eigenvalue weighted by atomic mass is 10.3. The number of urea groups is 1. The summed E-state index contributed by atoms with van der Waals surface area (Å²) in [5.41, 5.74) is 19.1. The Balaban J connectivity index is 0.000000189. The van der Waals surface area contributed by atoms with E-state index in [2.05, 4.69) is 73.7 Å². The highest BCUT2D eigenvalue weighted by atomic mass is 32.2. The molecule has 0 spiro atoms. The van der Waals surface area contributed by atoms with E-state index >= 15 is 0 Å². The average Bonchev–Trinajstić information content (AvgIpc) is 1.53. The Labute approximate surface area is 757 Å². The maximum Gasteiger partial charge on any atom is 0.417 e. The number of nitrogens with two attached hydrogens (primary N) is 2. The maximum absolute atomic E-state index is 12.6. The number of nitrogen functional groups attached to an aromatic ring is 1. The number of halogens is 1. The third-order valence-corrected chi connectivity index (χ3v) is 25.4. The number of non-ortho nitro benzene ring substituents is 3. The number of carbonyl (C=O) groups is 2. The van der Waals surface area contributed by atoms with Gasteiger partial charge in [0.1, 0.15) is 11.6 Å². The monoisotopic (exact) mass is 1870 g/mol. The first-order chi connectivity index (χ1) is 61.9. The van der Waals surface area contributed by atoms with Gasteiger partial charge in [0.15, 0.2) is 0 Å². The predicted octanol–water partition coefficient (Wildman–Crippen LogP) is 16.9. The van der Waals surface area contributed by atoms with Crippen molar-refractivity contribution in [1.82, 2.24) is 45.4 Å². The number of anilines is 3. The van der Waals surface area contributed by atoms with Gasteiger partial charge in [-0.2, -0.15) is 5.10 Å². The van der Waals surface area contributed by atoms with E-state index in [1.165, 1.54) is 140 Å². The lowest BCUT2D eigenvalue weighted by Crippen LogP contribution is -2.28. The van der Waals surface area contributed by atoms with Crippen LogP contribution in [-0.2, 0) is 45.9 Å². The van der Waals surface area contributed by atoms with E-state index in [0.29, 0.717) is 41.6 Å². The molecule has 0 aliphatic carbocycles. The van der Waals surface area contributed by atoms with Gasteiger partial charge in [-0.05, 0) is 241 Å². The SMILES string of the molecule is Cc1ccc(S(=O)(=O)c2ccc(N)cc2)cn1.Cc1ccc(S(=O)(=O)c2ccc(NC(=O)NCc3cn[nH]c3)cc2)cn1.Cc1ccc(S(=O)(=O)c2ccc(NC(=O)Oc3ccccc3)cc2)cn1.Cc1ccc(S(=O)(=O)c2ccc([N+](=O)[O-])cc2)cn1.Cc1ccc(S)cn1.Cc1ccc(Sc2ccc([N+](=O)[O-])cc2)cn1.NCC1=CCN=C1.O=[N+]([O-])c1ccc(F)cc1. The molecule has 0 unspecified atom stereocenters. The molecule has 14 aromatic rings. The largest absolute Gasteiger partial charge is 0.417 e. The summed E-state index contributed by atoms with van der Waals surface area (Å²) in [4.78, 5) is 85.1. The summed E-state index contributed by atoms with van der Waals surface area (Å²) < 4.78 is 116. The zero-order valence-electron chi connectivity index (χ0n) is 69.9. The molecule has 8 heterocycles. The number of nitrogens with one attached hydrogen (secondary N) is 4. The molecular formula is C89H84FN17O17S6. The van der Waals surface area contributed by atoms with Crippen molar-refractivity contribution in [2.24, 2.45) is 10.7 Å². The number of pyridine rings is 6. The number of rotatable bonds is 19. The molecule has 7 aromatic carbocycles. The molecule has 670 valence electrons. The predicted molar refractivity (Wildman–Crippen MR) is 491 cm³/mol. The van der Waals surface area contributed by atoms with Crippen LogP contribution in [0.25, 0.3) is 0 Å². The molecule has 15 rings (SSSR count). The number of hydrogen-bond donors (Lipinski definition) is 7. The quantitative estimate of drug-likeness (QED) is 0.0171. The van der Waals surface area contributed by atoms with Crippen molar-refractivity contribution in [2.45, 2.75) is 102 Å². The number of aromatic nitrogens is 8. The van der Waals surface area contributed by atoms with Crippen LogP contribution in [0.15, 0.2) is 369 Å². The van der Waals surface area contributed by atoms with Gasteiger partial charge in [0, 0.05) is 171 Å². The minimum Gasteiger partial charge on any atom is -0.410 e. The Morgan fingerprint density at radius 1 is 0.454 bits per heavy atom. The Bertz CT molecular complexity index is 6570. The van der Waals surface area contributed by atoms with Crippen LogP contribution in [0.5, 0.6) is 5.75 Å². The summed E-state index contributed by atoms with van der Waals surface area (Å²) in [5, 5.41) is 45.3. The first-order valence-electron chi connectivity index (χ1n) is 38.2. The van der Waals surface area contributed by atoms with Gasteiger partial charge < -0.3 is 26.8 Å². The van der Waals surface area contributed by atoms with Crippen molar-refractivity contribution < 1.29 is 67.2 Å². The molecule has 7 aromatic heterocycles. The van der Waals surface area contributed by atoms with Crippen molar-refractivity contribution in [1.29, 1.82) is 0 Å². The van der Waals surface area contributed by atoms with E-state index in [1.807, 2.05) is 56.5 Å². The van der Waals surface area contributed by atoms with Gasteiger partial charge >= 0.3 is 12.1 Å². The second-order valence-corrected chi connectivity index (χ2v) is 36.5. The van der Waals surface area contributed by atoms with E-state index in [0.717, 1.165) is 97.2 Å². The van der Waals surface area contributed by atoms with Gasteiger partial charge in [0.2, 0.25) is 39.3 Å². The van der Waals surface area contributed by atoms with Gasteiger partial charge in [0.25, 0.3) is 17.1 Å². The number of carbonyl (C=O) groups excluding carboxylic acids is 2. The molecule has 34 nitrogen and oxygen atoms in total. The third-order valence-electron chi connectivity index (χ3n) is 17.2. The Hall–Kier alpha value is -15.0. The molecule has 3 amide bonds. The zero-order chi connectivity index (χ0) is 94.6. The normalized spacial score (nSPS) is 11.1. The summed E-state index contributed by atoms with van der Waals surface area (Å²) >= 11 is 5.60. The van der Waals surface area contributed by atoms with Gasteiger partial charge in [-0.3, -0.25) is 75.7 Å². The minimum atomic E-state index is -3.68. The number of amides is 3. The molecule has 8 N–H and O–H groups in total. The molecule has 1 aliphatic heterocycles. The fourth-order valence-corrected chi connectivity index (χ4v) is 15.9. The number of H-pyrrole nitrogens is 1. The average molecular weight is 1880 g/mol. The Morgan fingerprint density at radius 3 is 1.15 bits per heavy atom. The highest BCUT2D eigenvalue weighted by Crippen LogP contribution is 2.30. The number of nitro groups is 3. The summed E-state index contributed by atoms with van der Waals surface area (Å²) in [6.45, 7) is 12.8. The number of sulfone groups is 4. The number of nitrogens with zero attached hydrogens (tertiary/aromatic N) is 11. The summed E-state index contributed by atoms with van der Waals surface area (Å²) in [6, 6.07) is 62.1. The van der Waals surface area contributed by atoms with Gasteiger partial charge in [-0.25, -0.2) is 47.7 Å². The van der Waals surface area contributed by atoms with Crippen LogP contribution in [-0.4, -0.2) is 120 Å². The van der Waals surface area contributed by atoms with Crippen LogP contribution in [0, 0.1) is 77.7 Å². The van der Waals surface area contributed by atoms with Crippen LogP contribution in [0.3, 0.4) is 0 Å². The number of nitro benzene ring substituents is 3. The number of aromatic amines is 1. The van der Waals surface area contributed by atoms with Crippen LogP contribution in [0.1, 0.15) is 39.7 Å². The first kappa shape index (κ1) is 100. The number of aryl methyl sites for hydroxylation is 6. The van der Waals surface area contributed by atoms with Crippen LogP contribution < -0.4 is 32.2 Å². The van der Waals surface area contributed by atoms with Crippen molar-refractivity contribution in [3.63, 3.8) is 0 Å². The summed E-state index contributed by atoms with van der Waals surface area (Å²) in [7, 11) is -14.5. The van der Waals surface area contributed by atoms with Crippen molar-refractivity contribution in [3.8, 4) is 5.75 Å². The van der Waals surface area contributed by atoms with Gasteiger partial charge in [-0.15, -0.1) is 12.6 Å². The highest BCUT2D eigenvalue weighted by Gasteiger charge is 2.23. The Morgan fingerprint density at radius 2 is 0.815 bits per heavy atom. The topological polar surface area (TPSA) is 516 Å². The van der Waals surface area contributed by atoms with Gasteiger partial charge in [0.05, 0.1) is 66.7 Å². The lowest BCUT2D eigenvalue weighted by Gasteiger charge is -2.08. The molecule has 0 saturated heterocycles. The number of ether oxygens (including phenoxy) is 1. The number of aliphatic imine (C=N–C) groups is 1. The van der Waals surface area contributed by atoms with Gasteiger partial charge in [-0.1, -0.05) is 36.0 Å². The zero-order valence-corrected chi connectivity index (χ0v) is 74.9. The maximum atomic E-state index is 12.6. The summed E-state index contributed by atoms with van der Waals surface area (Å²) in [5.74, 6) is -0.0540. The molecule has 41 heteroatoms. The lowest BCUT2D eigenvalue weighted by molar-refractivity contribution is -0.385. The number of thiol groups is 1.